The van der Waals surface area contributed by atoms with Gasteiger partial charge in [-0.15, -0.1) is 0 Å². The molecule has 0 atom stereocenters. The molecule has 0 fully saturated rings. The van der Waals surface area contributed by atoms with E-state index in [-0.39, 0.29) is 0 Å². The van der Waals surface area contributed by atoms with Gasteiger partial charge in [-0.25, -0.2) is 0 Å². The molecule has 1 N–H and O–H groups in total. The van der Waals surface area contributed by atoms with Gasteiger partial charge in [0.15, 0.2) is 0 Å². The quantitative estimate of drug-likeness (QED) is 0.681. The van der Waals surface area contributed by atoms with E-state index < -0.39 is 0 Å². The smallest absolute Gasteiger partial charge is 0.134 e. The van der Waals surface area contributed by atoms with Gasteiger partial charge in [0, 0.05) is 25.9 Å². The summed E-state index contributed by atoms with van der Waals surface area (Å²) in [4.78, 5) is 11.4. The van der Waals surface area contributed by atoms with Crippen molar-refractivity contribution in [2.75, 3.05) is 6.54 Å². The van der Waals surface area contributed by atoms with Crippen LogP contribution in [0.1, 0.15) is 38.2 Å². The molecular formula is C14H21NO. The zero-order valence-corrected chi connectivity index (χ0v) is 10.0. The van der Waals surface area contributed by atoms with Crippen LogP contribution in [0.4, 0.5) is 0 Å². The third-order valence-electron chi connectivity index (χ3n) is 2.56. The Hall–Kier alpha value is -1.15. The summed E-state index contributed by atoms with van der Waals surface area (Å²) in [5, 5.41) is 3.29. The van der Waals surface area contributed by atoms with Crippen LogP contribution in [-0.2, 0) is 11.3 Å². The molecule has 2 nitrogen and oxygen atoms in total. The van der Waals surface area contributed by atoms with Crippen LogP contribution in [0.25, 0.3) is 0 Å². The van der Waals surface area contributed by atoms with Gasteiger partial charge in [0.05, 0.1) is 0 Å². The summed E-state index contributed by atoms with van der Waals surface area (Å²) in [7, 11) is 0. The standard InChI is InChI=1S/C14H21NO/c1-2-3-9-14(16)10-11-15-12-13-7-5-4-6-8-13/h4-8,15H,2-3,9-12H2,1H3. The zero-order valence-electron chi connectivity index (χ0n) is 10.0. The Morgan fingerprint density at radius 2 is 1.94 bits per heavy atom. The lowest BCUT2D eigenvalue weighted by Gasteiger charge is -2.04. The number of Topliss-reactive ketones (excluding diaryl/α,β-unsaturated/α-hetero) is 1. The number of hydrogen-bond donors (Lipinski definition) is 1. The number of carbonyl (C=O) groups excluding carboxylic acids is 1. The van der Waals surface area contributed by atoms with Crippen molar-refractivity contribution in [1.29, 1.82) is 0 Å². The normalized spacial score (nSPS) is 10.3. The average molecular weight is 219 g/mol. The Morgan fingerprint density at radius 3 is 2.62 bits per heavy atom. The second kappa shape index (κ2) is 8.05. The fourth-order valence-electron chi connectivity index (χ4n) is 1.56. The maximum atomic E-state index is 11.4. The highest BCUT2D eigenvalue weighted by atomic mass is 16.1. The monoisotopic (exact) mass is 219 g/mol. The summed E-state index contributed by atoms with van der Waals surface area (Å²) >= 11 is 0. The maximum absolute atomic E-state index is 11.4. The van der Waals surface area contributed by atoms with Crippen molar-refractivity contribution in [3.05, 3.63) is 35.9 Å². The molecule has 1 aromatic rings. The second-order valence-corrected chi connectivity index (χ2v) is 4.05. The molecule has 0 saturated heterocycles. The van der Waals surface area contributed by atoms with Crippen LogP contribution < -0.4 is 5.32 Å². The number of rotatable bonds is 8. The molecule has 0 unspecified atom stereocenters. The summed E-state index contributed by atoms with van der Waals surface area (Å²) in [5.74, 6) is 0.377. The van der Waals surface area contributed by atoms with E-state index in [0.29, 0.717) is 12.2 Å². The van der Waals surface area contributed by atoms with Gasteiger partial charge in [0.25, 0.3) is 0 Å². The van der Waals surface area contributed by atoms with Crippen molar-refractivity contribution < 1.29 is 4.79 Å². The van der Waals surface area contributed by atoms with Gasteiger partial charge < -0.3 is 5.32 Å². The summed E-state index contributed by atoms with van der Waals surface area (Å²) in [5.41, 5.74) is 1.27. The molecule has 0 aliphatic carbocycles. The van der Waals surface area contributed by atoms with Gasteiger partial charge in [0.1, 0.15) is 5.78 Å². The molecule has 0 spiro atoms. The Labute approximate surface area is 98.1 Å². The summed E-state index contributed by atoms with van der Waals surface area (Å²) in [6.07, 6.45) is 3.52. The Balaban J connectivity index is 2.06. The van der Waals surface area contributed by atoms with Crippen molar-refractivity contribution in [1.82, 2.24) is 5.32 Å². The summed E-state index contributed by atoms with van der Waals surface area (Å²) < 4.78 is 0. The first-order valence-corrected chi connectivity index (χ1v) is 6.09. The highest BCUT2D eigenvalue weighted by Gasteiger charge is 2.00. The van der Waals surface area contributed by atoms with Crippen LogP contribution >= 0.6 is 0 Å². The number of nitrogens with one attached hydrogen (secondary N) is 1. The van der Waals surface area contributed by atoms with E-state index in [1.54, 1.807) is 0 Å². The van der Waals surface area contributed by atoms with E-state index in [1.165, 1.54) is 5.56 Å². The Kier molecular flexibility index (Phi) is 6.50. The molecular weight excluding hydrogens is 198 g/mol. The zero-order chi connectivity index (χ0) is 11.6. The fraction of sp³-hybridized carbons (Fsp3) is 0.500. The largest absolute Gasteiger partial charge is 0.312 e. The predicted molar refractivity (Wildman–Crippen MR) is 67.3 cm³/mol. The molecule has 0 amide bonds. The fourth-order valence-corrected chi connectivity index (χ4v) is 1.56. The Morgan fingerprint density at radius 1 is 1.19 bits per heavy atom. The molecule has 1 aromatic carbocycles. The molecule has 0 saturated carbocycles. The summed E-state index contributed by atoms with van der Waals surface area (Å²) in [6.45, 7) is 3.75. The lowest BCUT2D eigenvalue weighted by atomic mass is 10.1. The lowest BCUT2D eigenvalue weighted by Crippen LogP contribution is -2.17. The summed E-state index contributed by atoms with van der Waals surface area (Å²) in [6, 6.07) is 10.3. The van der Waals surface area contributed by atoms with Crippen molar-refractivity contribution in [2.45, 2.75) is 39.2 Å². The molecule has 88 valence electrons. The highest BCUT2D eigenvalue weighted by Crippen LogP contribution is 1.99. The van der Waals surface area contributed by atoms with E-state index in [4.69, 9.17) is 0 Å². The molecule has 0 aliphatic heterocycles. The van der Waals surface area contributed by atoms with E-state index >= 15 is 0 Å². The molecule has 0 heterocycles. The molecule has 0 aliphatic rings. The third-order valence-corrected chi connectivity index (χ3v) is 2.56. The highest BCUT2D eigenvalue weighted by molar-refractivity contribution is 5.78. The van der Waals surface area contributed by atoms with E-state index in [1.807, 2.05) is 18.2 Å². The topological polar surface area (TPSA) is 29.1 Å². The van der Waals surface area contributed by atoms with Gasteiger partial charge in [-0.3, -0.25) is 4.79 Å². The van der Waals surface area contributed by atoms with Crippen LogP contribution in [0, 0.1) is 0 Å². The lowest BCUT2D eigenvalue weighted by molar-refractivity contribution is -0.119. The van der Waals surface area contributed by atoms with Crippen LogP contribution in [0.2, 0.25) is 0 Å². The molecule has 1 rings (SSSR count). The second-order valence-electron chi connectivity index (χ2n) is 4.05. The number of hydrogen-bond acceptors (Lipinski definition) is 2. The van der Waals surface area contributed by atoms with Crippen LogP contribution in [0.15, 0.2) is 30.3 Å². The number of ketones is 1. The molecule has 16 heavy (non-hydrogen) atoms. The van der Waals surface area contributed by atoms with E-state index in [2.05, 4.69) is 24.4 Å². The van der Waals surface area contributed by atoms with Crippen molar-refractivity contribution in [3.8, 4) is 0 Å². The van der Waals surface area contributed by atoms with Gasteiger partial charge in [0.2, 0.25) is 0 Å². The third kappa shape index (κ3) is 5.66. The van der Waals surface area contributed by atoms with E-state index in [9.17, 15) is 4.79 Å². The average Bonchev–Trinajstić information content (AvgIpc) is 2.33. The van der Waals surface area contributed by atoms with E-state index in [0.717, 1.165) is 32.4 Å². The van der Waals surface area contributed by atoms with Crippen LogP contribution in [0.5, 0.6) is 0 Å². The minimum absolute atomic E-state index is 0.377. The van der Waals surface area contributed by atoms with Crippen LogP contribution in [-0.4, -0.2) is 12.3 Å². The van der Waals surface area contributed by atoms with Gasteiger partial charge in [-0.2, -0.15) is 0 Å². The molecule has 0 radical (unpaired) electrons. The van der Waals surface area contributed by atoms with Gasteiger partial charge >= 0.3 is 0 Å². The van der Waals surface area contributed by atoms with Crippen molar-refractivity contribution in [2.24, 2.45) is 0 Å². The minimum atomic E-state index is 0.377. The number of unbranched alkanes of at least 4 members (excludes halogenated alkanes) is 1. The number of carbonyl (C=O) groups is 1. The van der Waals surface area contributed by atoms with Gasteiger partial charge in [-0.1, -0.05) is 43.7 Å². The SMILES string of the molecule is CCCCC(=O)CCNCc1ccccc1. The van der Waals surface area contributed by atoms with Gasteiger partial charge in [-0.05, 0) is 12.0 Å². The first-order valence-electron chi connectivity index (χ1n) is 6.09. The minimum Gasteiger partial charge on any atom is -0.312 e. The molecule has 0 bridgehead atoms. The first-order chi connectivity index (χ1) is 7.83. The Bertz CT molecular complexity index is 295. The first kappa shape index (κ1) is 12.9. The van der Waals surface area contributed by atoms with Crippen molar-refractivity contribution >= 4 is 5.78 Å². The van der Waals surface area contributed by atoms with Crippen LogP contribution in [0.3, 0.4) is 0 Å². The van der Waals surface area contributed by atoms with Crippen molar-refractivity contribution in [3.63, 3.8) is 0 Å². The molecule has 2 heteroatoms. The predicted octanol–water partition coefficient (Wildman–Crippen LogP) is 2.93. The molecule has 0 aromatic heterocycles. The maximum Gasteiger partial charge on any atom is 0.134 e. The number of benzene rings is 1.